The number of phenolic OH excluding ortho intramolecular Hbond substituents is 1. The van der Waals surface area contributed by atoms with Crippen LogP contribution in [0.15, 0.2) is 48.5 Å². The van der Waals surface area contributed by atoms with Crippen molar-refractivity contribution in [2.24, 2.45) is 0 Å². The maximum absolute atomic E-state index is 12.4. The molecule has 0 aliphatic carbocycles. The quantitative estimate of drug-likeness (QED) is 0.638. The van der Waals surface area contributed by atoms with Gasteiger partial charge in [-0.25, -0.2) is 4.98 Å². The third kappa shape index (κ3) is 4.29. The molecule has 0 aliphatic heterocycles. The van der Waals surface area contributed by atoms with Gasteiger partial charge in [0.05, 0.1) is 11.4 Å². The molecule has 3 rings (SSSR count). The Bertz CT molecular complexity index is 894. The summed E-state index contributed by atoms with van der Waals surface area (Å²) in [7, 11) is 0. The zero-order valence-electron chi connectivity index (χ0n) is 13.3. The Hall–Kier alpha value is -2.57. The summed E-state index contributed by atoms with van der Waals surface area (Å²) in [5, 5.41) is 13.8. The van der Waals surface area contributed by atoms with Crippen LogP contribution in [0.1, 0.15) is 20.4 Å². The summed E-state index contributed by atoms with van der Waals surface area (Å²) >= 11 is 7.10. The normalized spacial score (nSPS) is 10.5. The number of aromatic hydroxyl groups is 1. The number of anilines is 1. The van der Waals surface area contributed by atoms with Gasteiger partial charge in [0.25, 0.3) is 5.91 Å². The molecule has 7 heteroatoms. The van der Waals surface area contributed by atoms with Gasteiger partial charge in [0.1, 0.15) is 28.0 Å². The van der Waals surface area contributed by atoms with E-state index >= 15 is 0 Å². The molecule has 0 radical (unpaired) electrons. The number of aromatic nitrogens is 1. The van der Waals surface area contributed by atoms with Gasteiger partial charge in [-0.2, -0.15) is 0 Å². The summed E-state index contributed by atoms with van der Waals surface area (Å²) in [6.07, 6.45) is 0. The summed E-state index contributed by atoms with van der Waals surface area (Å²) < 4.78 is 5.65. The van der Waals surface area contributed by atoms with Crippen LogP contribution in [0, 0.1) is 6.92 Å². The number of carbonyl (C=O) groups excluding carboxylic acids is 1. The number of aryl methyl sites for hydroxylation is 1. The second kappa shape index (κ2) is 7.55. The summed E-state index contributed by atoms with van der Waals surface area (Å²) in [5.74, 6) is 0.385. The summed E-state index contributed by atoms with van der Waals surface area (Å²) in [5.41, 5.74) is 0.979. The lowest BCUT2D eigenvalue weighted by molar-refractivity contribution is 0.102. The van der Waals surface area contributed by atoms with Gasteiger partial charge in [-0.1, -0.05) is 23.7 Å². The molecule has 1 heterocycles. The second-order valence-corrected chi connectivity index (χ2v) is 6.76. The van der Waals surface area contributed by atoms with Crippen molar-refractivity contribution in [2.75, 3.05) is 5.32 Å². The molecular weight excluding hydrogens is 360 g/mol. The first-order chi connectivity index (χ1) is 12.0. The smallest absolute Gasteiger partial charge is 0.267 e. The monoisotopic (exact) mass is 374 g/mol. The SMILES string of the molecule is Cc1nc(COc2ccc(Cl)cc2)sc1C(=O)Nc1ccccc1O. The van der Waals surface area contributed by atoms with Gasteiger partial charge in [0.2, 0.25) is 0 Å². The van der Waals surface area contributed by atoms with Crippen molar-refractivity contribution in [3.63, 3.8) is 0 Å². The van der Waals surface area contributed by atoms with E-state index in [-0.39, 0.29) is 18.3 Å². The molecule has 0 fully saturated rings. The van der Waals surface area contributed by atoms with Crippen LogP contribution in [0.4, 0.5) is 5.69 Å². The fourth-order valence-corrected chi connectivity index (χ4v) is 3.16. The fraction of sp³-hybridized carbons (Fsp3) is 0.111. The zero-order valence-corrected chi connectivity index (χ0v) is 14.9. The highest BCUT2D eigenvalue weighted by atomic mass is 35.5. The summed E-state index contributed by atoms with van der Waals surface area (Å²) in [6, 6.07) is 13.6. The molecule has 0 unspecified atom stereocenters. The fourth-order valence-electron chi connectivity index (χ4n) is 2.16. The second-order valence-electron chi connectivity index (χ2n) is 5.24. The van der Waals surface area contributed by atoms with Crippen molar-refractivity contribution >= 4 is 34.5 Å². The Labute approximate surface area is 153 Å². The van der Waals surface area contributed by atoms with E-state index < -0.39 is 0 Å². The van der Waals surface area contributed by atoms with Crippen molar-refractivity contribution in [1.82, 2.24) is 4.98 Å². The Morgan fingerprint density at radius 1 is 1.24 bits per heavy atom. The lowest BCUT2D eigenvalue weighted by atomic mass is 10.3. The van der Waals surface area contributed by atoms with Crippen molar-refractivity contribution < 1.29 is 14.6 Å². The zero-order chi connectivity index (χ0) is 17.8. The largest absolute Gasteiger partial charge is 0.506 e. The minimum absolute atomic E-state index is 0.0179. The van der Waals surface area contributed by atoms with Crippen LogP contribution in [0.3, 0.4) is 0 Å². The van der Waals surface area contributed by atoms with Crippen LogP contribution in [0.25, 0.3) is 0 Å². The van der Waals surface area contributed by atoms with Crippen LogP contribution in [-0.2, 0) is 6.61 Å². The highest BCUT2D eigenvalue weighted by Gasteiger charge is 2.16. The molecule has 5 nitrogen and oxygen atoms in total. The molecule has 0 bridgehead atoms. The van der Waals surface area contributed by atoms with Gasteiger partial charge in [0.15, 0.2) is 0 Å². The van der Waals surface area contributed by atoms with Crippen molar-refractivity contribution in [3.8, 4) is 11.5 Å². The number of para-hydroxylation sites is 2. The van der Waals surface area contributed by atoms with Crippen LogP contribution >= 0.6 is 22.9 Å². The average Bonchev–Trinajstić information content (AvgIpc) is 2.97. The first-order valence-electron chi connectivity index (χ1n) is 7.47. The molecule has 2 aromatic carbocycles. The first kappa shape index (κ1) is 17.3. The van der Waals surface area contributed by atoms with E-state index in [1.807, 2.05) is 0 Å². The van der Waals surface area contributed by atoms with E-state index in [4.69, 9.17) is 16.3 Å². The third-order valence-electron chi connectivity index (χ3n) is 3.38. The standard InChI is InChI=1S/C18H15ClN2O3S/c1-11-17(18(23)21-14-4-2-3-5-15(14)22)25-16(20-11)10-24-13-8-6-12(19)7-9-13/h2-9,22H,10H2,1H3,(H,21,23). The van der Waals surface area contributed by atoms with Crippen molar-refractivity contribution in [2.45, 2.75) is 13.5 Å². The minimum Gasteiger partial charge on any atom is -0.506 e. The summed E-state index contributed by atoms with van der Waals surface area (Å²) in [6.45, 7) is 2.03. The van der Waals surface area contributed by atoms with Gasteiger partial charge in [0, 0.05) is 5.02 Å². The van der Waals surface area contributed by atoms with Crippen molar-refractivity contribution in [3.05, 3.63) is 69.1 Å². The Balaban J connectivity index is 1.68. The Morgan fingerprint density at radius 3 is 2.68 bits per heavy atom. The highest BCUT2D eigenvalue weighted by molar-refractivity contribution is 7.13. The van der Waals surface area contributed by atoms with Crippen LogP contribution in [0.2, 0.25) is 5.02 Å². The number of amides is 1. The predicted molar refractivity (Wildman–Crippen MR) is 98.7 cm³/mol. The van der Waals surface area contributed by atoms with E-state index in [1.54, 1.807) is 49.4 Å². The lowest BCUT2D eigenvalue weighted by Gasteiger charge is -2.05. The van der Waals surface area contributed by atoms with Gasteiger partial charge in [-0.05, 0) is 43.3 Å². The Kier molecular flexibility index (Phi) is 5.21. The molecule has 0 saturated heterocycles. The third-order valence-corrected chi connectivity index (χ3v) is 4.76. The van der Waals surface area contributed by atoms with E-state index in [0.29, 0.717) is 32.0 Å². The molecule has 128 valence electrons. The molecule has 2 N–H and O–H groups in total. The number of phenols is 1. The van der Waals surface area contributed by atoms with Crippen LogP contribution < -0.4 is 10.1 Å². The van der Waals surface area contributed by atoms with E-state index in [1.165, 1.54) is 17.4 Å². The number of nitrogens with zero attached hydrogens (tertiary/aromatic N) is 1. The molecule has 3 aromatic rings. The number of carbonyl (C=O) groups is 1. The number of halogens is 1. The number of hydrogen-bond acceptors (Lipinski definition) is 5. The van der Waals surface area contributed by atoms with E-state index in [9.17, 15) is 9.90 Å². The number of rotatable bonds is 5. The van der Waals surface area contributed by atoms with Crippen LogP contribution in [-0.4, -0.2) is 16.0 Å². The number of benzene rings is 2. The van der Waals surface area contributed by atoms with Crippen molar-refractivity contribution in [1.29, 1.82) is 0 Å². The summed E-state index contributed by atoms with van der Waals surface area (Å²) in [4.78, 5) is 17.3. The topological polar surface area (TPSA) is 71.5 Å². The first-order valence-corrected chi connectivity index (χ1v) is 8.66. The molecule has 0 spiro atoms. The minimum atomic E-state index is -0.311. The average molecular weight is 375 g/mol. The molecule has 1 amide bonds. The van der Waals surface area contributed by atoms with Gasteiger partial charge in [-0.15, -0.1) is 11.3 Å². The van der Waals surface area contributed by atoms with E-state index in [0.717, 1.165) is 0 Å². The van der Waals surface area contributed by atoms with Gasteiger partial charge < -0.3 is 15.2 Å². The van der Waals surface area contributed by atoms with Gasteiger partial charge in [-0.3, -0.25) is 4.79 Å². The lowest BCUT2D eigenvalue weighted by Crippen LogP contribution is -2.11. The molecule has 1 aromatic heterocycles. The number of ether oxygens (including phenoxy) is 1. The predicted octanol–water partition coefficient (Wildman–Crippen LogP) is 4.64. The Morgan fingerprint density at radius 2 is 1.96 bits per heavy atom. The molecule has 0 aliphatic rings. The number of hydrogen-bond donors (Lipinski definition) is 2. The molecular formula is C18H15ClN2O3S. The van der Waals surface area contributed by atoms with Crippen LogP contribution in [0.5, 0.6) is 11.5 Å². The molecule has 25 heavy (non-hydrogen) atoms. The highest BCUT2D eigenvalue weighted by Crippen LogP contribution is 2.25. The maximum atomic E-state index is 12.4. The maximum Gasteiger partial charge on any atom is 0.267 e. The van der Waals surface area contributed by atoms with E-state index in [2.05, 4.69) is 10.3 Å². The molecule has 0 atom stereocenters. The van der Waals surface area contributed by atoms with Gasteiger partial charge >= 0.3 is 0 Å². The molecule has 0 saturated carbocycles. The number of thiazole rings is 1. The number of nitrogens with one attached hydrogen (secondary N) is 1.